The maximum Gasteiger partial charge on any atom is 0.119 e. The van der Waals surface area contributed by atoms with Gasteiger partial charge in [0.2, 0.25) is 0 Å². The van der Waals surface area contributed by atoms with E-state index in [4.69, 9.17) is 4.74 Å². The number of ether oxygens (including phenoxy) is 1. The van der Waals surface area contributed by atoms with E-state index in [0.29, 0.717) is 6.61 Å². The van der Waals surface area contributed by atoms with Crippen LogP contribution in [-0.4, -0.2) is 49.4 Å². The van der Waals surface area contributed by atoms with Crippen molar-refractivity contribution in [3.63, 3.8) is 0 Å². The Morgan fingerprint density at radius 1 is 1.37 bits per heavy atom. The summed E-state index contributed by atoms with van der Waals surface area (Å²) in [6, 6.07) is 8.12. The van der Waals surface area contributed by atoms with Crippen LogP contribution in [-0.2, 0) is 0 Å². The molecule has 0 spiro atoms. The fourth-order valence-electron chi connectivity index (χ4n) is 2.40. The lowest BCUT2D eigenvalue weighted by atomic mass is 10.0. The molecule has 1 fully saturated rings. The molecule has 19 heavy (non-hydrogen) atoms. The lowest BCUT2D eigenvalue weighted by Gasteiger charge is -2.34. The minimum absolute atomic E-state index is 0. The predicted octanol–water partition coefficient (Wildman–Crippen LogP) is 1.45. The molecule has 0 saturated carbocycles. The van der Waals surface area contributed by atoms with E-state index in [1.165, 1.54) is 0 Å². The monoisotopic (exact) mass is 286 g/mol. The van der Waals surface area contributed by atoms with Gasteiger partial charge in [-0.25, -0.2) is 0 Å². The quantitative estimate of drug-likeness (QED) is 0.860. The second-order valence-electron chi connectivity index (χ2n) is 4.49. The van der Waals surface area contributed by atoms with Gasteiger partial charge in [-0.1, -0.05) is 12.1 Å². The molecule has 5 heteroatoms. The molecule has 1 aliphatic heterocycles. The maximum absolute atomic E-state index is 9.65. The first-order chi connectivity index (χ1) is 8.85. The Kier molecular flexibility index (Phi) is 7.16. The van der Waals surface area contributed by atoms with Crippen LogP contribution in [0.3, 0.4) is 0 Å². The van der Waals surface area contributed by atoms with Crippen LogP contribution in [0.5, 0.6) is 5.75 Å². The summed E-state index contributed by atoms with van der Waals surface area (Å²) in [5, 5.41) is 13.0. The molecule has 0 aromatic heterocycles. The minimum Gasteiger partial charge on any atom is -0.494 e. The first-order valence-corrected chi connectivity index (χ1v) is 6.63. The molecular weight excluding hydrogens is 264 g/mol. The first-order valence-electron chi connectivity index (χ1n) is 6.63. The Morgan fingerprint density at radius 3 is 2.74 bits per heavy atom. The van der Waals surface area contributed by atoms with Gasteiger partial charge in [-0.05, 0) is 24.6 Å². The van der Waals surface area contributed by atoms with Crippen LogP contribution < -0.4 is 10.1 Å². The Bertz CT molecular complexity index is 370. The average molecular weight is 287 g/mol. The zero-order valence-electron chi connectivity index (χ0n) is 11.3. The molecule has 4 nitrogen and oxygen atoms in total. The van der Waals surface area contributed by atoms with Gasteiger partial charge in [-0.2, -0.15) is 0 Å². The third kappa shape index (κ3) is 4.35. The molecule has 1 aromatic carbocycles. The van der Waals surface area contributed by atoms with E-state index in [9.17, 15) is 5.11 Å². The van der Waals surface area contributed by atoms with Gasteiger partial charge < -0.3 is 15.2 Å². The topological polar surface area (TPSA) is 44.7 Å². The zero-order valence-corrected chi connectivity index (χ0v) is 12.2. The molecule has 1 heterocycles. The van der Waals surface area contributed by atoms with Gasteiger partial charge in [0.1, 0.15) is 5.75 Å². The second-order valence-corrected chi connectivity index (χ2v) is 4.49. The molecular formula is C14H23ClN2O2. The average Bonchev–Trinajstić information content (AvgIpc) is 2.42. The van der Waals surface area contributed by atoms with E-state index in [-0.39, 0.29) is 25.1 Å². The maximum atomic E-state index is 9.65. The number of benzene rings is 1. The lowest BCUT2D eigenvalue weighted by molar-refractivity contribution is 0.110. The Balaban J connectivity index is 0.00000180. The van der Waals surface area contributed by atoms with E-state index in [1.807, 2.05) is 25.1 Å². The third-order valence-corrected chi connectivity index (χ3v) is 3.32. The van der Waals surface area contributed by atoms with Crippen molar-refractivity contribution in [3.8, 4) is 5.75 Å². The number of nitrogens with zero attached hydrogens (tertiary/aromatic N) is 1. The molecule has 0 bridgehead atoms. The van der Waals surface area contributed by atoms with Gasteiger partial charge in [0, 0.05) is 26.2 Å². The number of aliphatic hydroxyl groups is 1. The number of rotatable bonds is 5. The smallest absolute Gasteiger partial charge is 0.119 e. The summed E-state index contributed by atoms with van der Waals surface area (Å²) in [5.41, 5.74) is 1.13. The van der Waals surface area contributed by atoms with Gasteiger partial charge in [-0.15, -0.1) is 12.4 Å². The summed E-state index contributed by atoms with van der Waals surface area (Å²) in [6.07, 6.45) is 0. The van der Waals surface area contributed by atoms with Crippen LogP contribution in [0.15, 0.2) is 24.3 Å². The van der Waals surface area contributed by atoms with Gasteiger partial charge >= 0.3 is 0 Å². The number of hydrogen-bond acceptors (Lipinski definition) is 4. The summed E-state index contributed by atoms with van der Waals surface area (Å²) in [4.78, 5) is 2.32. The summed E-state index contributed by atoms with van der Waals surface area (Å²) in [7, 11) is 0. The van der Waals surface area contributed by atoms with Crippen molar-refractivity contribution in [3.05, 3.63) is 29.8 Å². The first kappa shape index (κ1) is 16.2. The van der Waals surface area contributed by atoms with Crippen LogP contribution in [0.4, 0.5) is 0 Å². The van der Waals surface area contributed by atoms with Crippen LogP contribution in [0.25, 0.3) is 0 Å². The van der Waals surface area contributed by atoms with Crippen LogP contribution in [0, 0.1) is 0 Å². The molecule has 0 amide bonds. The van der Waals surface area contributed by atoms with Crippen molar-refractivity contribution in [1.29, 1.82) is 0 Å². The second kappa shape index (κ2) is 8.38. The van der Waals surface area contributed by atoms with Gasteiger partial charge in [0.25, 0.3) is 0 Å². The normalized spacial score (nSPS) is 17.6. The standard InChI is InChI=1S/C14H22N2O2.ClH/c1-2-18-13-5-3-4-12(10-13)14(11-17)16-8-6-15-7-9-16;/h3-5,10,14-15,17H,2,6-9,11H2,1H3;1H/t14-;/m0./s1. The van der Waals surface area contributed by atoms with Gasteiger partial charge in [0.15, 0.2) is 0 Å². The van der Waals surface area contributed by atoms with Crippen molar-refractivity contribution in [2.24, 2.45) is 0 Å². The van der Waals surface area contributed by atoms with E-state index in [2.05, 4.69) is 16.3 Å². The molecule has 1 atom stereocenters. The highest BCUT2D eigenvalue weighted by Crippen LogP contribution is 2.24. The summed E-state index contributed by atoms with van der Waals surface area (Å²) in [6.45, 7) is 6.72. The fourth-order valence-corrected chi connectivity index (χ4v) is 2.40. The summed E-state index contributed by atoms with van der Waals surface area (Å²) in [5.74, 6) is 0.878. The number of aliphatic hydroxyl groups excluding tert-OH is 1. The Hall–Kier alpha value is -0.810. The van der Waals surface area contributed by atoms with Crippen LogP contribution >= 0.6 is 12.4 Å². The SMILES string of the molecule is CCOc1cccc([C@H](CO)N2CCNCC2)c1.Cl. The van der Waals surface area contributed by atoms with E-state index in [1.54, 1.807) is 0 Å². The largest absolute Gasteiger partial charge is 0.494 e. The Labute approximate surface area is 121 Å². The fraction of sp³-hybridized carbons (Fsp3) is 0.571. The molecule has 2 rings (SSSR count). The lowest BCUT2D eigenvalue weighted by Crippen LogP contribution is -2.46. The predicted molar refractivity (Wildman–Crippen MR) is 79.1 cm³/mol. The zero-order chi connectivity index (χ0) is 12.8. The number of halogens is 1. The molecule has 1 aliphatic rings. The molecule has 1 saturated heterocycles. The van der Waals surface area contributed by atoms with E-state index < -0.39 is 0 Å². The molecule has 108 valence electrons. The van der Waals surface area contributed by atoms with Crippen LogP contribution in [0.2, 0.25) is 0 Å². The molecule has 0 unspecified atom stereocenters. The van der Waals surface area contributed by atoms with E-state index >= 15 is 0 Å². The molecule has 2 N–H and O–H groups in total. The number of hydrogen-bond donors (Lipinski definition) is 2. The van der Waals surface area contributed by atoms with Gasteiger partial charge in [0.05, 0.1) is 19.3 Å². The third-order valence-electron chi connectivity index (χ3n) is 3.32. The van der Waals surface area contributed by atoms with Crippen molar-refractivity contribution < 1.29 is 9.84 Å². The molecule has 0 aliphatic carbocycles. The number of nitrogens with one attached hydrogen (secondary N) is 1. The summed E-state index contributed by atoms with van der Waals surface area (Å²) >= 11 is 0. The van der Waals surface area contributed by atoms with Crippen LogP contribution in [0.1, 0.15) is 18.5 Å². The highest BCUT2D eigenvalue weighted by Gasteiger charge is 2.21. The highest BCUT2D eigenvalue weighted by molar-refractivity contribution is 5.85. The molecule has 1 aromatic rings. The van der Waals surface area contributed by atoms with Crippen molar-refractivity contribution in [2.75, 3.05) is 39.4 Å². The molecule has 0 radical (unpaired) electrons. The highest BCUT2D eigenvalue weighted by atomic mass is 35.5. The minimum atomic E-state index is 0. The summed E-state index contributed by atoms with van der Waals surface area (Å²) < 4.78 is 5.52. The van der Waals surface area contributed by atoms with Gasteiger partial charge in [-0.3, -0.25) is 4.90 Å². The van der Waals surface area contributed by atoms with E-state index in [0.717, 1.165) is 37.5 Å². The number of piperazine rings is 1. The van der Waals surface area contributed by atoms with Crippen molar-refractivity contribution in [1.82, 2.24) is 10.2 Å². The van der Waals surface area contributed by atoms with Crippen molar-refractivity contribution in [2.45, 2.75) is 13.0 Å². The Morgan fingerprint density at radius 2 is 2.11 bits per heavy atom. The van der Waals surface area contributed by atoms with Crippen molar-refractivity contribution >= 4 is 12.4 Å².